The summed E-state index contributed by atoms with van der Waals surface area (Å²) in [4.78, 5) is 11.1. The van der Waals surface area contributed by atoms with Crippen molar-refractivity contribution in [3.05, 3.63) is 35.4 Å². The van der Waals surface area contributed by atoms with Gasteiger partial charge in [0.25, 0.3) is 0 Å². The zero-order valence-electron chi connectivity index (χ0n) is 7.50. The number of anilines is 1. The molecule has 0 bridgehead atoms. The number of rotatable bonds is 1. The van der Waals surface area contributed by atoms with E-state index in [9.17, 15) is 4.79 Å². The molecular weight excluding hydrogens is 162 g/mol. The minimum Gasteiger partial charge on any atom is -0.380 e. The van der Waals surface area contributed by atoms with Crippen LogP contribution in [0.1, 0.15) is 12.5 Å². The molecule has 2 rings (SSSR count). The molecule has 1 heterocycles. The Hall–Kier alpha value is -1.57. The maximum Gasteiger partial charge on any atom is 0.157 e. The lowest BCUT2D eigenvalue weighted by Crippen LogP contribution is -2.14. The number of Topliss-reactive ketones (excluding diaryl/α,β-unsaturated/α-hetero) is 1. The summed E-state index contributed by atoms with van der Waals surface area (Å²) in [6, 6.07) is 7.98. The number of para-hydroxylation sites is 1. The highest BCUT2D eigenvalue weighted by atomic mass is 16.1. The van der Waals surface area contributed by atoms with Crippen LogP contribution in [-0.4, -0.2) is 12.3 Å². The molecule has 0 saturated heterocycles. The van der Waals surface area contributed by atoms with Crippen LogP contribution in [0.3, 0.4) is 0 Å². The topological polar surface area (TPSA) is 29.1 Å². The number of carbonyl (C=O) groups is 1. The lowest BCUT2D eigenvalue weighted by Gasteiger charge is -2.16. The van der Waals surface area contributed by atoms with Crippen LogP contribution in [0.25, 0.3) is 6.08 Å². The number of nitrogens with one attached hydrogen (secondary N) is 1. The molecule has 2 nitrogen and oxygen atoms in total. The molecule has 1 aliphatic rings. The van der Waals surface area contributed by atoms with Crippen LogP contribution in [0, 0.1) is 0 Å². The van der Waals surface area contributed by atoms with Gasteiger partial charge in [0.1, 0.15) is 0 Å². The molecule has 2 heteroatoms. The van der Waals surface area contributed by atoms with E-state index in [1.54, 1.807) is 6.92 Å². The summed E-state index contributed by atoms with van der Waals surface area (Å²) in [6.45, 7) is 2.24. The predicted molar refractivity (Wildman–Crippen MR) is 53.6 cm³/mol. The first-order chi connectivity index (χ1) is 6.27. The molecule has 1 N–H and O–H groups in total. The maximum atomic E-state index is 11.1. The van der Waals surface area contributed by atoms with Crippen molar-refractivity contribution in [2.45, 2.75) is 6.92 Å². The Morgan fingerprint density at radius 3 is 2.92 bits per heavy atom. The molecule has 1 aromatic carbocycles. The number of hydrogen-bond donors (Lipinski definition) is 1. The summed E-state index contributed by atoms with van der Waals surface area (Å²) in [5, 5.41) is 3.20. The van der Waals surface area contributed by atoms with Crippen LogP contribution >= 0.6 is 0 Å². The zero-order valence-corrected chi connectivity index (χ0v) is 7.50. The zero-order chi connectivity index (χ0) is 9.26. The van der Waals surface area contributed by atoms with E-state index in [0.717, 1.165) is 16.8 Å². The van der Waals surface area contributed by atoms with Gasteiger partial charge in [-0.3, -0.25) is 4.79 Å². The molecule has 1 aliphatic heterocycles. The van der Waals surface area contributed by atoms with E-state index in [2.05, 4.69) is 5.32 Å². The van der Waals surface area contributed by atoms with Gasteiger partial charge in [-0.15, -0.1) is 0 Å². The molecule has 1 aromatic rings. The van der Waals surface area contributed by atoms with E-state index in [4.69, 9.17) is 0 Å². The molecule has 0 spiro atoms. The van der Waals surface area contributed by atoms with Crippen molar-refractivity contribution in [1.29, 1.82) is 0 Å². The number of benzene rings is 1. The average Bonchev–Trinajstić information content (AvgIpc) is 2.17. The molecule has 0 fully saturated rings. The molecule has 0 aliphatic carbocycles. The second-order valence-electron chi connectivity index (χ2n) is 3.17. The fraction of sp³-hybridized carbons (Fsp3) is 0.182. The van der Waals surface area contributed by atoms with Crippen molar-refractivity contribution in [3.63, 3.8) is 0 Å². The Kier molecular flexibility index (Phi) is 1.89. The van der Waals surface area contributed by atoms with Gasteiger partial charge in [-0.25, -0.2) is 0 Å². The van der Waals surface area contributed by atoms with Crippen LogP contribution in [-0.2, 0) is 4.79 Å². The van der Waals surface area contributed by atoms with Crippen molar-refractivity contribution in [3.8, 4) is 0 Å². The van der Waals surface area contributed by atoms with Crippen molar-refractivity contribution >= 4 is 17.5 Å². The molecule has 0 amide bonds. The summed E-state index contributed by atoms with van der Waals surface area (Å²) < 4.78 is 0. The maximum absolute atomic E-state index is 11.1. The highest BCUT2D eigenvalue weighted by Crippen LogP contribution is 2.22. The fourth-order valence-electron chi connectivity index (χ4n) is 1.44. The van der Waals surface area contributed by atoms with E-state index in [-0.39, 0.29) is 5.78 Å². The highest BCUT2D eigenvalue weighted by Gasteiger charge is 2.10. The van der Waals surface area contributed by atoms with Crippen LogP contribution in [0.2, 0.25) is 0 Å². The van der Waals surface area contributed by atoms with Crippen LogP contribution in [0.4, 0.5) is 5.69 Å². The summed E-state index contributed by atoms with van der Waals surface area (Å²) in [5.41, 5.74) is 3.05. The number of fused-ring (bicyclic) bond motifs is 1. The third-order valence-electron chi connectivity index (χ3n) is 2.21. The van der Waals surface area contributed by atoms with Crippen molar-refractivity contribution in [1.82, 2.24) is 0 Å². The van der Waals surface area contributed by atoms with Crippen molar-refractivity contribution in [2.75, 3.05) is 11.9 Å². The van der Waals surface area contributed by atoms with Gasteiger partial charge in [-0.2, -0.15) is 0 Å². The summed E-state index contributed by atoms with van der Waals surface area (Å²) in [6.07, 6.45) is 1.95. The molecule has 13 heavy (non-hydrogen) atoms. The Morgan fingerprint density at radius 2 is 2.15 bits per heavy atom. The van der Waals surface area contributed by atoms with E-state index >= 15 is 0 Å². The van der Waals surface area contributed by atoms with Gasteiger partial charge in [-0.1, -0.05) is 18.2 Å². The van der Waals surface area contributed by atoms with E-state index in [1.807, 2.05) is 30.3 Å². The number of hydrogen-bond acceptors (Lipinski definition) is 2. The first-order valence-corrected chi connectivity index (χ1v) is 4.32. The van der Waals surface area contributed by atoms with Gasteiger partial charge in [0.15, 0.2) is 5.78 Å². The SMILES string of the molecule is CC(=O)C1=Cc2ccccc2NC1. The molecule has 0 aromatic heterocycles. The summed E-state index contributed by atoms with van der Waals surface area (Å²) in [5.74, 6) is 0.141. The van der Waals surface area contributed by atoms with Crippen LogP contribution in [0.15, 0.2) is 29.8 Å². The van der Waals surface area contributed by atoms with E-state index in [1.165, 1.54) is 0 Å². The first kappa shape index (κ1) is 8.05. The third kappa shape index (κ3) is 1.47. The lowest BCUT2D eigenvalue weighted by atomic mass is 10.0. The molecule has 0 saturated carbocycles. The standard InChI is InChI=1S/C11H11NO/c1-8(13)10-6-9-4-2-3-5-11(9)12-7-10/h2-6,12H,7H2,1H3. The fourth-order valence-corrected chi connectivity index (χ4v) is 1.44. The molecule has 0 atom stereocenters. The average molecular weight is 173 g/mol. The predicted octanol–water partition coefficient (Wildman–Crippen LogP) is 2.08. The quantitative estimate of drug-likeness (QED) is 0.704. The monoisotopic (exact) mass is 173 g/mol. The smallest absolute Gasteiger partial charge is 0.157 e. The van der Waals surface area contributed by atoms with Crippen LogP contribution in [0.5, 0.6) is 0 Å². The van der Waals surface area contributed by atoms with Crippen molar-refractivity contribution in [2.24, 2.45) is 0 Å². The van der Waals surface area contributed by atoms with Gasteiger partial charge in [-0.05, 0) is 24.6 Å². The molecule has 66 valence electrons. The Morgan fingerprint density at radius 1 is 1.38 bits per heavy atom. The molecular formula is C11H11NO. The largest absolute Gasteiger partial charge is 0.380 e. The van der Waals surface area contributed by atoms with Crippen molar-refractivity contribution < 1.29 is 4.79 Å². The minimum absolute atomic E-state index is 0.141. The highest BCUT2D eigenvalue weighted by molar-refractivity contribution is 6.00. The summed E-state index contributed by atoms with van der Waals surface area (Å²) in [7, 11) is 0. The van der Waals surface area contributed by atoms with Gasteiger partial charge < -0.3 is 5.32 Å². The Bertz CT molecular complexity index is 379. The Balaban J connectivity index is 2.44. The summed E-state index contributed by atoms with van der Waals surface area (Å²) >= 11 is 0. The minimum atomic E-state index is 0.141. The second kappa shape index (κ2) is 3.05. The molecule has 0 unspecified atom stereocenters. The van der Waals surface area contributed by atoms with E-state index < -0.39 is 0 Å². The Labute approximate surface area is 77.3 Å². The third-order valence-corrected chi connectivity index (χ3v) is 2.21. The van der Waals surface area contributed by atoms with E-state index in [0.29, 0.717) is 6.54 Å². The lowest BCUT2D eigenvalue weighted by molar-refractivity contribution is -0.113. The normalized spacial score (nSPS) is 14.1. The van der Waals surface area contributed by atoms with Gasteiger partial charge in [0, 0.05) is 17.8 Å². The van der Waals surface area contributed by atoms with Gasteiger partial charge >= 0.3 is 0 Å². The second-order valence-corrected chi connectivity index (χ2v) is 3.17. The number of carbonyl (C=O) groups excluding carboxylic acids is 1. The first-order valence-electron chi connectivity index (χ1n) is 4.32. The van der Waals surface area contributed by atoms with Crippen LogP contribution < -0.4 is 5.32 Å². The number of ketones is 1. The molecule has 0 radical (unpaired) electrons. The van der Waals surface area contributed by atoms with Gasteiger partial charge in [0.05, 0.1) is 0 Å². The van der Waals surface area contributed by atoms with Gasteiger partial charge in [0.2, 0.25) is 0 Å².